The van der Waals surface area contributed by atoms with Crippen molar-refractivity contribution in [2.24, 2.45) is 0 Å². The second-order valence-corrected chi connectivity index (χ2v) is 6.85. The number of nitrogens with one attached hydrogen (secondary N) is 1. The fourth-order valence-electron chi connectivity index (χ4n) is 2.46. The van der Waals surface area contributed by atoms with Crippen molar-refractivity contribution in [2.75, 3.05) is 0 Å². The summed E-state index contributed by atoms with van der Waals surface area (Å²) in [7, 11) is 0. The molecule has 3 rings (SSSR count). The molecule has 3 aromatic rings. The molecule has 1 aromatic carbocycles. The number of alkyl halides is 3. The van der Waals surface area contributed by atoms with E-state index in [1.807, 2.05) is 17.5 Å². The van der Waals surface area contributed by atoms with E-state index in [9.17, 15) is 18.0 Å². The molecule has 0 fully saturated rings. The van der Waals surface area contributed by atoms with E-state index < -0.39 is 12.3 Å². The molecule has 1 amide bonds. The largest absolute Gasteiger partial charge is 0.573 e. The molecule has 0 saturated heterocycles. The van der Waals surface area contributed by atoms with Gasteiger partial charge in [0.05, 0.1) is 11.7 Å². The van der Waals surface area contributed by atoms with Gasteiger partial charge in [-0.05, 0) is 31.2 Å². The predicted molar refractivity (Wildman–Crippen MR) is 104 cm³/mol. The maximum Gasteiger partial charge on any atom is 0.573 e. The van der Waals surface area contributed by atoms with Crippen LogP contribution in [0.25, 0.3) is 17.3 Å². The molecule has 0 aliphatic carbocycles. The molecule has 1 N–H and O–H groups in total. The molecule has 1 unspecified atom stereocenters. The van der Waals surface area contributed by atoms with Crippen LogP contribution in [-0.2, 0) is 4.79 Å². The highest BCUT2D eigenvalue weighted by Gasteiger charge is 2.31. The molecular weight excluding hydrogens is 403 g/mol. The lowest BCUT2D eigenvalue weighted by atomic mass is 10.2. The van der Waals surface area contributed by atoms with Gasteiger partial charge in [-0.1, -0.05) is 18.2 Å². The van der Waals surface area contributed by atoms with Crippen LogP contribution in [0.2, 0.25) is 0 Å². The minimum absolute atomic E-state index is 0.140. The number of nitrogens with zero attached hydrogens (tertiary/aromatic N) is 2. The highest BCUT2D eigenvalue weighted by molar-refractivity contribution is 7.10. The number of pyridine rings is 1. The molecule has 150 valence electrons. The van der Waals surface area contributed by atoms with Crippen molar-refractivity contribution in [3.8, 4) is 17.0 Å². The third-order valence-electron chi connectivity index (χ3n) is 3.77. The number of halogens is 3. The minimum atomic E-state index is -4.81. The van der Waals surface area contributed by atoms with Gasteiger partial charge < -0.3 is 10.1 Å². The number of benzene rings is 1. The minimum Gasteiger partial charge on any atom is -0.405 e. The van der Waals surface area contributed by atoms with Crippen molar-refractivity contribution >= 4 is 23.3 Å². The first-order valence-electron chi connectivity index (χ1n) is 8.51. The van der Waals surface area contributed by atoms with Crippen molar-refractivity contribution in [1.82, 2.24) is 15.3 Å². The summed E-state index contributed by atoms with van der Waals surface area (Å²) >= 11 is 1.40. The van der Waals surface area contributed by atoms with Crippen molar-refractivity contribution in [3.63, 3.8) is 0 Å². The lowest BCUT2D eigenvalue weighted by Gasteiger charge is -2.11. The zero-order valence-corrected chi connectivity index (χ0v) is 16.0. The lowest BCUT2D eigenvalue weighted by molar-refractivity contribution is -0.274. The average Bonchev–Trinajstić information content (AvgIpc) is 3.17. The summed E-state index contributed by atoms with van der Waals surface area (Å²) in [5.41, 5.74) is 1.77. The Morgan fingerprint density at radius 2 is 2.03 bits per heavy atom. The molecule has 1 atom stereocenters. The molecule has 0 spiro atoms. The number of hydrogen-bond donors (Lipinski definition) is 1. The van der Waals surface area contributed by atoms with Crippen molar-refractivity contribution in [2.45, 2.75) is 19.3 Å². The number of para-hydroxylation sites is 1. The van der Waals surface area contributed by atoms with Gasteiger partial charge in [0.1, 0.15) is 10.8 Å². The van der Waals surface area contributed by atoms with Crippen molar-refractivity contribution in [3.05, 3.63) is 70.8 Å². The molecule has 0 aliphatic heterocycles. The molecule has 2 heterocycles. The van der Waals surface area contributed by atoms with Crippen LogP contribution >= 0.6 is 11.3 Å². The molecular formula is C20H16F3N3O2S. The van der Waals surface area contributed by atoms with Crippen LogP contribution in [-0.4, -0.2) is 22.2 Å². The van der Waals surface area contributed by atoms with E-state index in [1.165, 1.54) is 35.6 Å². The zero-order valence-electron chi connectivity index (χ0n) is 15.2. The van der Waals surface area contributed by atoms with Gasteiger partial charge in [-0.2, -0.15) is 0 Å². The maximum atomic E-state index is 12.5. The van der Waals surface area contributed by atoms with E-state index in [0.717, 1.165) is 17.3 Å². The van der Waals surface area contributed by atoms with E-state index in [2.05, 4.69) is 20.0 Å². The van der Waals surface area contributed by atoms with Crippen LogP contribution in [0.4, 0.5) is 13.2 Å². The topological polar surface area (TPSA) is 64.1 Å². The Bertz CT molecular complexity index is 1000. The number of carbonyl (C=O) groups excluding carboxylic acids is 1. The molecule has 0 radical (unpaired) electrons. The normalized spacial score (nSPS) is 12.7. The van der Waals surface area contributed by atoms with Gasteiger partial charge in [0.15, 0.2) is 0 Å². The Balaban J connectivity index is 1.65. The molecule has 5 nitrogen and oxygen atoms in total. The summed E-state index contributed by atoms with van der Waals surface area (Å²) < 4.78 is 41.4. The van der Waals surface area contributed by atoms with Crippen LogP contribution in [0.3, 0.4) is 0 Å². The summed E-state index contributed by atoms with van der Waals surface area (Å²) in [6.45, 7) is 1.78. The number of carbonyl (C=O) groups is 1. The number of ether oxygens (including phenoxy) is 1. The lowest BCUT2D eigenvalue weighted by Crippen LogP contribution is -2.24. The number of aromatic nitrogens is 2. The van der Waals surface area contributed by atoms with Crippen LogP contribution in [0.1, 0.15) is 23.5 Å². The van der Waals surface area contributed by atoms with E-state index in [4.69, 9.17) is 0 Å². The number of amides is 1. The Kier molecular flexibility index (Phi) is 6.28. The van der Waals surface area contributed by atoms with Gasteiger partial charge in [-0.25, -0.2) is 4.98 Å². The highest BCUT2D eigenvalue weighted by Crippen LogP contribution is 2.27. The SMILES string of the molecule is CC(NC(=O)C=Cc1ccccc1OC(F)(F)F)c1nc(-c2cccnc2)cs1. The maximum absolute atomic E-state index is 12.5. The van der Waals surface area contributed by atoms with Crippen LogP contribution in [0.5, 0.6) is 5.75 Å². The molecule has 9 heteroatoms. The van der Waals surface area contributed by atoms with Gasteiger partial charge in [-0.15, -0.1) is 24.5 Å². The summed E-state index contributed by atoms with van der Waals surface area (Å²) in [6, 6.07) is 8.91. The van der Waals surface area contributed by atoms with Crippen molar-refractivity contribution < 1.29 is 22.7 Å². The van der Waals surface area contributed by atoms with Gasteiger partial charge in [0, 0.05) is 35.0 Å². The molecule has 0 bridgehead atoms. The standard InChI is InChI=1S/C20H16F3N3O2S/c1-13(19-26-16(12-29-19)15-6-4-10-24-11-15)25-18(27)9-8-14-5-2-3-7-17(14)28-20(21,22)23/h2-13H,1H3,(H,25,27). The summed E-state index contributed by atoms with van der Waals surface area (Å²) in [5.74, 6) is -0.837. The van der Waals surface area contributed by atoms with Crippen LogP contribution in [0, 0.1) is 0 Å². The number of thiazole rings is 1. The predicted octanol–water partition coefficient (Wildman–Crippen LogP) is 4.99. The van der Waals surface area contributed by atoms with Crippen LogP contribution < -0.4 is 10.1 Å². The Hall–Kier alpha value is -3.20. The molecule has 29 heavy (non-hydrogen) atoms. The monoisotopic (exact) mass is 419 g/mol. The Morgan fingerprint density at radius 1 is 1.24 bits per heavy atom. The van der Waals surface area contributed by atoms with E-state index in [0.29, 0.717) is 5.01 Å². The summed E-state index contributed by atoms with van der Waals surface area (Å²) in [5, 5.41) is 5.31. The van der Waals surface area contributed by atoms with Gasteiger partial charge in [0.2, 0.25) is 5.91 Å². The first-order chi connectivity index (χ1) is 13.8. The first-order valence-corrected chi connectivity index (χ1v) is 9.39. The molecule has 0 saturated carbocycles. The summed E-state index contributed by atoms with van der Waals surface area (Å²) in [4.78, 5) is 20.7. The van der Waals surface area contributed by atoms with Crippen molar-refractivity contribution in [1.29, 1.82) is 0 Å². The fraction of sp³-hybridized carbons (Fsp3) is 0.150. The van der Waals surface area contributed by atoms with E-state index in [-0.39, 0.29) is 17.4 Å². The average molecular weight is 419 g/mol. The number of hydrogen-bond acceptors (Lipinski definition) is 5. The zero-order chi connectivity index (χ0) is 20.9. The Morgan fingerprint density at radius 3 is 2.76 bits per heavy atom. The molecule has 0 aliphatic rings. The number of rotatable bonds is 6. The van der Waals surface area contributed by atoms with Gasteiger partial charge in [-0.3, -0.25) is 9.78 Å². The Labute approximate surface area is 168 Å². The smallest absolute Gasteiger partial charge is 0.405 e. The fourth-order valence-corrected chi connectivity index (χ4v) is 3.29. The third kappa shape index (κ3) is 5.89. The molecule has 2 aromatic heterocycles. The summed E-state index contributed by atoms with van der Waals surface area (Å²) in [6.07, 6.45) is 0.990. The second-order valence-electron chi connectivity index (χ2n) is 5.96. The van der Waals surface area contributed by atoms with Gasteiger partial charge >= 0.3 is 6.36 Å². The van der Waals surface area contributed by atoms with Gasteiger partial charge in [0.25, 0.3) is 0 Å². The highest BCUT2D eigenvalue weighted by atomic mass is 32.1. The first kappa shape index (κ1) is 20.5. The quantitative estimate of drug-likeness (QED) is 0.572. The van der Waals surface area contributed by atoms with Crippen LogP contribution in [0.15, 0.2) is 60.2 Å². The third-order valence-corrected chi connectivity index (χ3v) is 4.79. The van der Waals surface area contributed by atoms with E-state index >= 15 is 0 Å². The second kappa shape index (κ2) is 8.87. The van der Waals surface area contributed by atoms with E-state index in [1.54, 1.807) is 25.4 Å².